The molecule has 0 spiro atoms. The molecule has 1 atom stereocenters. The molecule has 2 rings (SSSR count). The highest BCUT2D eigenvalue weighted by molar-refractivity contribution is 9.10. The summed E-state index contributed by atoms with van der Waals surface area (Å²) in [7, 11) is 1.98. The van der Waals surface area contributed by atoms with Gasteiger partial charge in [-0.2, -0.15) is 0 Å². The van der Waals surface area contributed by atoms with Crippen LogP contribution in [0.3, 0.4) is 0 Å². The topological polar surface area (TPSA) is 12.0 Å². The molecule has 1 nitrogen and oxygen atoms in total. The zero-order chi connectivity index (χ0) is 13.8. The maximum absolute atomic E-state index is 6.13. The number of hydrogen-bond donors (Lipinski definition) is 1. The summed E-state index contributed by atoms with van der Waals surface area (Å²) in [6, 6.07) is 14.8. The highest BCUT2D eigenvalue weighted by Crippen LogP contribution is 2.26. The first-order valence-electron chi connectivity index (χ1n) is 6.28. The maximum atomic E-state index is 6.13. The van der Waals surface area contributed by atoms with Crippen molar-refractivity contribution in [3.63, 3.8) is 0 Å². The monoisotopic (exact) mass is 337 g/mol. The van der Waals surface area contributed by atoms with Gasteiger partial charge in [-0.15, -0.1) is 0 Å². The van der Waals surface area contributed by atoms with E-state index in [0.29, 0.717) is 0 Å². The Kier molecular flexibility index (Phi) is 5.03. The summed E-state index contributed by atoms with van der Waals surface area (Å²) in [5.74, 6) is 0. The fourth-order valence-electron chi connectivity index (χ4n) is 2.22. The predicted molar refractivity (Wildman–Crippen MR) is 85.8 cm³/mol. The molecule has 0 saturated carbocycles. The number of aryl methyl sites for hydroxylation is 1. The van der Waals surface area contributed by atoms with Gasteiger partial charge in [0.15, 0.2) is 0 Å². The second-order valence-corrected chi connectivity index (χ2v) is 6.03. The Balaban J connectivity index is 2.28. The second kappa shape index (κ2) is 6.56. The lowest BCUT2D eigenvalue weighted by atomic mass is 9.96. The lowest BCUT2D eigenvalue weighted by molar-refractivity contribution is 0.590. The smallest absolute Gasteiger partial charge is 0.0420 e. The summed E-state index contributed by atoms with van der Waals surface area (Å²) >= 11 is 9.63. The van der Waals surface area contributed by atoms with Gasteiger partial charge in [-0.1, -0.05) is 51.8 Å². The molecule has 0 aliphatic heterocycles. The van der Waals surface area contributed by atoms with E-state index in [2.05, 4.69) is 58.5 Å². The van der Waals surface area contributed by atoms with Crippen molar-refractivity contribution in [3.8, 4) is 0 Å². The average molecular weight is 339 g/mol. The Bertz CT molecular complexity index is 548. The van der Waals surface area contributed by atoms with Crippen LogP contribution in [-0.4, -0.2) is 7.05 Å². The largest absolute Gasteiger partial charge is 0.313 e. The molecule has 0 aromatic heterocycles. The van der Waals surface area contributed by atoms with Crippen molar-refractivity contribution in [1.29, 1.82) is 0 Å². The summed E-state index contributed by atoms with van der Waals surface area (Å²) in [6.45, 7) is 2.15. The van der Waals surface area contributed by atoms with E-state index in [9.17, 15) is 0 Å². The molecule has 2 aromatic rings. The lowest BCUT2D eigenvalue weighted by Crippen LogP contribution is -2.19. The number of nitrogens with one attached hydrogen (secondary N) is 1. The summed E-state index contributed by atoms with van der Waals surface area (Å²) in [5.41, 5.74) is 3.88. The zero-order valence-corrected chi connectivity index (χ0v) is 13.4. The molecule has 0 saturated heterocycles. The van der Waals surface area contributed by atoms with Crippen LogP contribution in [0.5, 0.6) is 0 Å². The lowest BCUT2D eigenvalue weighted by Gasteiger charge is -2.18. The van der Waals surface area contributed by atoms with Gasteiger partial charge in [-0.3, -0.25) is 0 Å². The Morgan fingerprint density at radius 2 is 1.95 bits per heavy atom. The van der Waals surface area contributed by atoms with Crippen molar-refractivity contribution in [2.45, 2.75) is 19.4 Å². The van der Waals surface area contributed by atoms with Gasteiger partial charge in [0, 0.05) is 15.5 Å². The summed E-state index contributed by atoms with van der Waals surface area (Å²) in [4.78, 5) is 0. The van der Waals surface area contributed by atoms with Gasteiger partial charge in [-0.05, 0) is 55.3 Å². The molecule has 0 aliphatic carbocycles. The Morgan fingerprint density at radius 1 is 1.21 bits per heavy atom. The highest BCUT2D eigenvalue weighted by atomic mass is 79.9. The third-order valence-corrected chi connectivity index (χ3v) is 4.00. The SMILES string of the molecule is CNC(Cc1ccccc1C)c1cc(Cl)cc(Br)c1. The van der Waals surface area contributed by atoms with E-state index in [4.69, 9.17) is 11.6 Å². The molecule has 0 bridgehead atoms. The molecule has 1 unspecified atom stereocenters. The van der Waals surface area contributed by atoms with Gasteiger partial charge < -0.3 is 5.32 Å². The van der Waals surface area contributed by atoms with Crippen LogP contribution in [-0.2, 0) is 6.42 Å². The molecule has 19 heavy (non-hydrogen) atoms. The van der Waals surface area contributed by atoms with Crippen LogP contribution in [0.4, 0.5) is 0 Å². The van der Waals surface area contributed by atoms with Crippen LogP contribution in [0, 0.1) is 6.92 Å². The second-order valence-electron chi connectivity index (χ2n) is 4.67. The van der Waals surface area contributed by atoms with Crippen LogP contribution < -0.4 is 5.32 Å². The number of rotatable bonds is 4. The molecule has 2 aromatic carbocycles. The van der Waals surface area contributed by atoms with Gasteiger partial charge in [0.05, 0.1) is 0 Å². The molecular formula is C16H17BrClN. The molecule has 0 fully saturated rings. The first-order chi connectivity index (χ1) is 9.10. The van der Waals surface area contributed by atoms with E-state index in [-0.39, 0.29) is 6.04 Å². The Hall–Kier alpha value is -0.830. The van der Waals surface area contributed by atoms with Crippen molar-refractivity contribution in [2.24, 2.45) is 0 Å². The molecule has 0 radical (unpaired) electrons. The van der Waals surface area contributed by atoms with Crippen LogP contribution in [0.1, 0.15) is 22.7 Å². The number of benzene rings is 2. The van der Waals surface area contributed by atoms with Gasteiger partial charge in [0.25, 0.3) is 0 Å². The minimum absolute atomic E-state index is 0.260. The normalized spacial score (nSPS) is 12.4. The summed E-state index contributed by atoms with van der Waals surface area (Å²) < 4.78 is 1.01. The maximum Gasteiger partial charge on any atom is 0.0420 e. The molecule has 100 valence electrons. The van der Waals surface area contributed by atoms with E-state index >= 15 is 0 Å². The molecule has 0 heterocycles. The fraction of sp³-hybridized carbons (Fsp3) is 0.250. The van der Waals surface area contributed by atoms with Crippen molar-refractivity contribution >= 4 is 27.5 Å². The highest BCUT2D eigenvalue weighted by Gasteiger charge is 2.12. The molecule has 1 N–H and O–H groups in total. The molecule has 3 heteroatoms. The Labute approximate surface area is 128 Å². The number of likely N-dealkylation sites (N-methyl/N-ethyl adjacent to an activating group) is 1. The van der Waals surface area contributed by atoms with Crippen molar-refractivity contribution in [1.82, 2.24) is 5.32 Å². The third kappa shape index (κ3) is 3.82. The van der Waals surface area contributed by atoms with Crippen LogP contribution in [0.2, 0.25) is 5.02 Å². The van der Waals surface area contributed by atoms with Crippen LogP contribution >= 0.6 is 27.5 Å². The standard InChI is InChI=1S/C16H17BrClN/c1-11-5-3-4-6-12(11)9-16(19-2)13-7-14(17)10-15(18)8-13/h3-8,10,16,19H,9H2,1-2H3. The number of halogens is 2. The predicted octanol–water partition coefficient (Wildman–Crippen LogP) is 4.91. The van der Waals surface area contributed by atoms with E-state index in [0.717, 1.165) is 15.9 Å². The fourth-order valence-corrected chi connectivity index (χ4v) is 3.11. The van der Waals surface area contributed by atoms with Crippen molar-refractivity contribution in [2.75, 3.05) is 7.05 Å². The summed E-state index contributed by atoms with van der Waals surface area (Å²) in [5, 5.41) is 4.13. The minimum atomic E-state index is 0.260. The van der Waals surface area contributed by atoms with Crippen LogP contribution in [0.15, 0.2) is 46.9 Å². The first kappa shape index (κ1) is 14.6. The van der Waals surface area contributed by atoms with Crippen molar-refractivity contribution < 1.29 is 0 Å². The van der Waals surface area contributed by atoms with Gasteiger partial charge in [-0.25, -0.2) is 0 Å². The van der Waals surface area contributed by atoms with Gasteiger partial charge in [0.2, 0.25) is 0 Å². The quantitative estimate of drug-likeness (QED) is 0.835. The van der Waals surface area contributed by atoms with E-state index in [1.807, 2.05) is 19.2 Å². The van der Waals surface area contributed by atoms with Gasteiger partial charge >= 0.3 is 0 Å². The van der Waals surface area contributed by atoms with E-state index in [1.165, 1.54) is 16.7 Å². The molecule has 0 aliphatic rings. The summed E-state index contributed by atoms with van der Waals surface area (Å²) in [6.07, 6.45) is 0.954. The molecule has 0 amide bonds. The molecular weight excluding hydrogens is 322 g/mol. The van der Waals surface area contributed by atoms with Crippen molar-refractivity contribution in [3.05, 3.63) is 68.7 Å². The first-order valence-corrected chi connectivity index (χ1v) is 7.45. The zero-order valence-electron chi connectivity index (χ0n) is 11.1. The average Bonchev–Trinajstić information content (AvgIpc) is 2.36. The van der Waals surface area contributed by atoms with Gasteiger partial charge in [0.1, 0.15) is 0 Å². The minimum Gasteiger partial charge on any atom is -0.313 e. The van der Waals surface area contributed by atoms with E-state index < -0.39 is 0 Å². The van der Waals surface area contributed by atoms with E-state index in [1.54, 1.807) is 0 Å². The number of hydrogen-bond acceptors (Lipinski definition) is 1. The Morgan fingerprint density at radius 3 is 2.58 bits per heavy atom. The van der Waals surface area contributed by atoms with Crippen LogP contribution in [0.25, 0.3) is 0 Å². The third-order valence-electron chi connectivity index (χ3n) is 3.32.